The molecule has 0 spiro atoms. The van der Waals surface area contributed by atoms with Gasteiger partial charge in [-0.2, -0.15) is 0 Å². The fraction of sp³-hybridized carbons (Fsp3) is 0.105. The van der Waals surface area contributed by atoms with Crippen molar-refractivity contribution in [1.29, 1.82) is 0 Å². The highest BCUT2D eigenvalue weighted by Gasteiger charge is 2.27. The summed E-state index contributed by atoms with van der Waals surface area (Å²) in [4.78, 5) is 20.8. The molecule has 0 aliphatic carbocycles. The fourth-order valence-corrected chi connectivity index (χ4v) is 2.73. The van der Waals surface area contributed by atoms with Gasteiger partial charge >= 0.3 is 5.97 Å². The van der Waals surface area contributed by atoms with Crippen molar-refractivity contribution in [3.63, 3.8) is 0 Å². The molecule has 0 saturated heterocycles. The highest BCUT2D eigenvalue weighted by atomic mass is 16.6. The fourth-order valence-electron chi connectivity index (χ4n) is 2.73. The number of carbonyl (C=O) groups is 1. The van der Waals surface area contributed by atoms with Crippen LogP contribution in [0.5, 0.6) is 5.75 Å². The summed E-state index contributed by atoms with van der Waals surface area (Å²) in [6.45, 7) is 0. The van der Waals surface area contributed by atoms with E-state index in [-0.39, 0.29) is 11.8 Å². The molecule has 0 aromatic heterocycles. The van der Waals surface area contributed by atoms with Crippen molar-refractivity contribution < 1.29 is 14.3 Å². The van der Waals surface area contributed by atoms with Crippen LogP contribution in [0.25, 0.3) is 0 Å². The molecule has 0 radical (unpaired) electrons. The molecule has 2 aliphatic rings. The summed E-state index contributed by atoms with van der Waals surface area (Å²) in [7, 11) is 1.59. The van der Waals surface area contributed by atoms with Gasteiger partial charge in [-0.25, -0.2) is 9.79 Å². The number of carbonyl (C=O) groups excluding carboxylic acids is 1. The van der Waals surface area contributed by atoms with E-state index in [1.54, 1.807) is 19.3 Å². The number of benzene rings is 2. The second-order valence-electron chi connectivity index (χ2n) is 5.45. The van der Waals surface area contributed by atoms with Crippen molar-refractivity contribution >= 4 is 23.8 Å². The molecule has 5 heteroatoms. The number of aliphatic imine (C=N–C) groups is 2. The molecule has 0 fully saturated rings. The molecule has 0 saturated carbocycles. The zero-order chi connectivity index (χ0) is 16.5. The van der Waals surface area contributed by atoms with E-state index >= 15 is 0 Å². The lowest BCUT2D eigenvalue weighted by Gasteiger charge is -2.03. The summed E-state index contributed by atoms with van der Waals surface area (Å²) < 4.78 is 10.5. The van der Waals surface area contributed by atoms with E-state index in [1.165, 1.54) is 0 Å². The van der Waals surface area contributed by atoms with Crippen LogP contribution in [0, 0.1) is 0 Å². The quantitative estimate of drug-likeness (QED) is 0.644. The molecule has 1 atom stereocenters. The van der Waals surface area contributed by atoms with Crippen LogP contribution in [-0.2, 0) is 9.53 Å². The number of methoxy groups -OCH3 is 1. The Bertz CT molecular complexity index is 912. The molecule has 0 N–H and O–H groups in total. The van der Waals surface area contributed by atoms with Crippen LogP contribution in [-0.4, -0.2) is 25.2 Å². The van der Waals surface area contributed by atoms with Gasteiger partial charge in [0.1, 0.15) is 11.4 Å². The van der Waals surface area contributed by atoms with Gasteiger partial charge < -0.3 is 9.47 Å². The number of ether oxygens (including phenoxy) is 2. The summed E-state index contributed by atoms with van der Waals surface area (Å²) in [5.41, 5.74) is 2.97. The van der Waals surface area contributed by atoms with E-state index in [1.807, 2.05) is 48.7 Å². The van der Waals surface area contributed by atoms with Gasteiger partial charge in [-0.3, -0.25) is 4.99 Å². The highest BCUT2D eigenvalue weighted by Crippen LogP contribution is 2.34. The van der Waals surface area contributed by atoms with Crippen molar-refractivity contribution in [2.75, 3.05) is 7.11 Å². The third-order valence-electron chi connectivity index (χ3n) is 3.94. The third kappa shape index (κ3) is 2.50. The molecule has 24 heavy (non-hydrogen) atoms. The Morgan fingerprint density at radius 1 is 1.17 bits per heavy atom. The zero-order valence-electron chi connectivity index (χ0n) is 13.0. The Kier molecular flexibility index (Phi) is 3.46. The Balaban J connectivity index is 1.66. The Labute approximate surface area is 139 Å². The van der Waals surface area contributed by atoms with E-state index in [0.29, 0.717) is 17.0 Å². The molecule has 0 bridgehead atoms. The second-order valence-corrected chi connectivity index (χ2v) is 5.45. The number of allylic oxidation sites excluding steroid dienone is 1. The SMILES string of the molecule is COc1cccc(C2=N/C(=C\[C@@H]3C=Nc4ccccc43)C(=O)O2)c1. The average Bonchev–Trinajstić information content (AvgIpc) is 3.20. The number of nitrogens with zero attached hydrogens (tertiary/aromatic N) is 2. The van der Waals surface area contributed by atoms with E-state index in [9.17, 15) is 4.79 Å². The summed E-state index contributed by atoms with van der Waals surface area (Å²) in [6, 6.07) is 15.1. The zero-order valence-corrected chi connectivity index (χ0v) is 13.0. The first-order valence-electron chi connectivity index (χ1n) is 7.55. The topological polar surface area (TPSA) is 60.2 Å². The number of fused-ring (bicyclic) bond motifs is 1. The van der Waals surface area contributed by atoms with Crippen LogP contribution in [0.2, 0.25) is 0 Å². The van der Waals surface area contributed by atoms with Crippen molar-refractivity contribution in [3.05, 3.63) is 71.4 Å². The van der Waals surface area contributed by atoms with Gasteiger partial charge in [0, 0.05) is 17.7 Å². The molecule has 118 valence electrons. The van der Waals surface area contributed by atoms with E-state index in [2.05, 4.69) is 9.98 Å². The van der Waals surface area contributed by atoms with Crippen molar-refractivity contribution in [3.8, 4) is 5.75 Å². The average molecular weight is 318 g/mol. The summed E-state index contributed by atoms with van der Waals surface area (Å²) >= 11 is 0. The summed E-state index contributed by atoms with van der Waals surface area (Å²) in [6.07, 6.45) is 3.59. The van der Waals surface area contributed by atoms with Crippen molar-refractivity contribution in [2.24, 2.45) is 9.98 Å². The largest absolute Gasteiger partial charge is 0.497 e. The molecular formula is C19H14N2O3. The molecule has 2 aliphatic heterocycles. The van der Waals surface area contributed by atoms with Crippen LogP contribution in [0.15, 0.2) is 70.3 Å². The normalized spacial score (nSPS) is 20.0. The van der Waals surface area contributed by atoms with Gasteiger partial charge in [0.2, 0.25) is 5.90 Å². The number of hydrogen-bond acceptors (Lipinski definition) is 5. The molecule has 2 heterocycles. The molecule has 4 rings (SSSR count). The Hall–Kier alpha value is -3.21. The lowest BCUT2D eigenvalue weighted by atomic mass is 10.00. The minimum atomic E-state index is -0.453. The maximum atomic E-state index is 12.1. The Morgan fingerprint density at radius 3 is 2.92 bits per heavy atom. The van der Waals surface area contributed by atoms with Crippen LogP contribution in [0.3, 0.4) is 0 Å². The number of hydrogen-bond donors (Lipinski definition) is 0. The van der Waals surface area contributed by atoms with Gasteiger partial charge in [0.05, 0.1) is 12.8 Å². The molecule has 0 unspecified atom stereocenters. The maximum Gasteiger partial charge on any atom is 0.363 e. The monoisotopic (exact) mass is 318 g/mol. The third-order valence-corrected chi connectivity index (χ3v) is 3.94. The minimum Gasteiger partial charge on any atom is -0.497 e. The highest BCUT2D eigenvalue weighted by molar-refractivity contribution is 6.11. The summed E-state index contributed by atoms with van der Waals surface area (Å²) in [5.74, 6) is 0.441. The predicted octanol–water partition coefficient (Wildman–Crippen LogP) is 3.38. The summed E-state index contributed by atoms with van der Waals surface area (Å²) in [5, 5.41) is 0. The molecular weight excluding hydrogens is 304 g/mol. The van der Waals surface area contributed by atoms with Gasteiger partial charge in [0.15, 0.2) is 0 Å². The second kappa shape index (κ2) is 5.77. The number of para-hydroxylation sites is 1. The lowest BCUT2D eigenvalue weighted by Crippen LogP contribution is -2.06. The van der Waals surface area contributed by atoms with Crippen LogP contribution < -0.4 is 4.74 Å². The first kappa shape index (κ1) is 14.4. The van der Waals surface area contributed by atoms with Crippen molar-refractivity contribution in [2.45, 2.75) is 5.92 Å². The van der Waals surface area contributed by atoms with Gasteiger partial charge in [-0.15, -0.1) is 0 Å². The van der Waals surface area contributed by atoms with Crippen molar-refractivity contribution in [1.82, 2.24) is 0 Å². The van der Waals surface area contributed by atoms with Gasteiger partial charge in [-0.1, -0.05) is 24.3 Å². The van der Waals surface area contributed by atoms with E-state index in [0.717, 1.165) is 11.3 Å². The van der Waals surface area contributed by atoms with Crippen LogP contribution in [0.4, 0.5) is 5.69 Å². The van der Waals surface area contributed by atoms with Gasteiger partial charge in [-0.05, 0) is 35.9 Å². The number of cyclic esters (lactones) is 1. The van der Waals surface area contributed by atoms with Crippen LogP contribution in [0.1, 0.15) is 17.0 Å². The standard InChI is InChI=1S/C19H14N2O3/c1-23-14-6-4-5-12(9-14)18-21-17(19(22)24-18)10-13-11-20-16-8-3-2-7-15(13)16/h2-11,13H,1H3/b17-10-/t13-/m1/s1. The van der Waals surface area contributed by atoms with E-state index in [4.69, 9.17) is 9.47 Å². The van der Waals surface area contributed by atoms with Gasteiger partial charge in [0.25, 0.3) is 0 Å². The maximum absolute atomic E-state index is 12.1. The molecule has 2 aromatic rings. The first-order valence-corrected chi connectivity index (χ1v) is 7.55. The molecule has 0 amide bonds. The number of rotatable bonds is 3. The van der Waals surface area contributed by atoms with Crippen LogP contribution >= 0.6 is 0 Å². The first-order chi connectivity index (χ1) is 11.7. The Morgan fingerprint density at radius 2 is 2.04 bits per heavy atom. The molecule has 5 nitrogen and oxygen atoms in total. The minimum absolute atomic E-state index is 0.0721. The molecule has 2 aromatic carbocycles. The number of esters is 1. The van der Waals surface area contributed by atoms with E-state index < -0.39 is 5.97 Å². The predicted molar refractivity (Wildman–Crippen MR) is 91.0 cm³/mol. The smallest absolute Gasteiger partial charge is 0.363 e. The lowest BCUT2D eigenvalue weighted by molar-refractivity contribution is -0.130.